The smallest absolute Gasteiger partial charge is 0.0567 e. The van der Waals surface area contributed by atoms with E-state index in [0.29, 0.717) is 0 Å². The zero-order valence-corrected chi connectivity index (χ0v) is 33.4. The summed E-state index contributed by atoms with van der Waals surface area (Å²) in [4.78, 5) is 5.03. The topological polar surface area (TPSA) is 6.48 Å². The maximum atomic E-state index is 2.53. The summed E-state index contributed by atoms with van der Waals surface area (Å²) >= 11 is 0. The molecule has 278 valence electrons. The summed E-state index contributed by atoms with van der Waals surface area (Å²) in [5.41, 5.74) is 17.2. The highest BCUT2D eigenvalue weighted by Gasteiger charge is 2.39. The maximum Gasteiger partial charge on any atom is 0.0567 e. The third-order valence-corrected chi connectivity index (χ3v) is 13.0. The predicted octanol–water partition coefficient (Wildman–Crippen LogP) is 15.5. The van der Waals surface area contributed by atoms with Crippen molar-refractivity contribution < 1.29 is 0 Å². The Kier molecular flexibility index (Phi) is 7.59. The number of para-hydroxylation sites is 2. The van der Waals surface area contributed by atoms with Gasteiger partial charge in [-0.25, -0.2) is 0 Å². The van der Waals surface area contributed by atoms with Crippen LogP contribution in [0.3, 0.4) is 0 Å². The molecule has 2 nitrogen and oxygen atoms in total. The van der Waals surface area contributed by atoms with Crippen molar-refractivity contribution in [3.63, 3.8) is 0 Å². The van der Waals surface area contributed by atoms with Crippen molar-refractivity contribution in [1.82, 2.24) is 0 Å². The van der Waals surface area contributed by atoms with Crippen LogP contribution in [-0.2, 0) is 10.8 Å². The van der Waals surface area contributed by atoms with E-state index in [-0.39, 0.29) is 10.8 Å². The molecule has 0 aromatic heterocycles. The second-order valence-corrected chi connectivity index (χ2v) is 16.9. The lowest BCUT2D eigenvalue weighted by Gasteiger charge is -2.33. The van der Waals surface area contributed by atoms with Gasteiger partial charge < -0.3 is 9.80 Å². The van der Waals surface area contributed by atoms with Crippen LogP contribution in [0.25, 0.3) is 43.8 Å². The van der Waals surface area contributed by atoms with Gasteiger partial charge in [0, 0.05) is 44.4 Å². The highest BCUT2D eigenvalue weighted by molar-refractivity contribution is 6.17. The van der Waals surface area contributed by atoms with Gasteiger partial charge in [-0.15, -0.1) is 0 Å². The van der Waals surface area contributed by atoms with E-state index in [1.54, 1.807) is 0 Å². The van der Waals surface area contributed by atoms with E-state index >= 15 is 0 Å². The molecular weight excluding hydrogens is 701 g/mol. The van der Waals surface area contributed by atoms with Crippen LogP contribution in [-0.4, -0.2) is 0 Å². The molecule has 58 heavy (non-hydrogen) atoms. The molecule has 2 aliphatic carbocycles. The van der Waals surface area contributed by atoms with Gasteiger partial charge in [0.25, 0.3) is 0 Å². The zero-order valence-electron chi connectivity index (χ0n) is 33.4. The second-order valence-electron chi connectivity index (χ2n) is 16.9. The summed E-state index contributed by atoms with van der Waals surface area (Å²) in [7, 11) is 0. The molecular formula is C56H44N2. The second kappa shape index (κ2) is 12.8. The van der Waals surface area contributed by atoms with Gasteiger partial charge in [-0.1, -0.05) is 173 Å². The van der Waals surface area contributed by atoms with Crippen molar-refractivity contribution in [2.24, 2.45) is 0 Å². The van der Waals surface area contributed by atoms with Gasteiger partial charge in [0.15, 0.2) is 0 Å². The first-order valence-corrected chi connectivity index (χ1v) is 20.4. The summed E-state index contributed by atoms with van der Waals surface area (Å²) in [6, 6.07) is 71.9. The van der Waals surface area contributed by atoms with E-state index < -0.39 is 0 Å². The summed E-state index contributed by atoms with van der Waals surface area (Å²) in [5.74, 6) is 0. The number of hydrogen-bond donors (Lipinski definition) is 0. The van der Waals surface area contributed by atoms with Crippen molar-refractivity contribution in [3.05, 3.63) is 216 Å². The number of anilines is 6. The van der Waals surface area contributed by atoms with Gasteiger partial charge in [0.05, 0.1) is 17.1 Å². The Hall–Kier alpha value is -6.90. The number of fused-ring (bicyclic) bond motifs is 9. The molecule has 0 fully saturated rings. The molecule has 0 amide bonds. The quantitative estimate of drug-likeness (QED) is 0.156. The summed E-state index contributed by atoms with van der Waals surface area (Å²) < 4.78 is 0. The molecule has 0 atom stereocenters. The van der Waals surface area contributed by atoms with Gasteiger partial charge in [0.1, 0.15) is 0 Å². The van der Waals surface area contributed by atoms with Crippen LogP contribution in [0, 0.1) is 0 Å². The first-order chi connectivity index (χ1) is 28.3. The molecule has 2 aliphatic rings. The minimum Gasteiger partial charge on any atom is -0.310 e. The van der Waals surface area contributed by atoms with Crippen LogP contribution >= 0.6 is 0 Å². The normalized spacial score (nSPS) is 14.1. The third-order valence-electron chi connectivity index (χ3n) is 13.0. The van der Waals surface area contributed by atoms with E-state index in [1.807, 2.05) is 0 Å². The van der Waals surface area contributed by atoms with Crippen LogP contribution in [0.2, 0.25) is 0 Å². The van der Waals surface area contributed by atoms with Crippen molar-refractivity contribution in [2.45, 2.75) is 38.5 Å². The molecule has 0 heterocycles. The van der Waals surface area contributed by atoms with Crippen molar-refractivity contribution in [2.75, 3.05) is 9.80 Å². The van der Waals surface area contributed by atoms with Gasteiger partial charge in [0.2, 0.25) is 0 Å². The monoisotopic (exact) mass is 744 g/mol. The van der Waals surface area contributed by atoms with Crippen LogP contribution in [0.1, 0.15) is 49.9 Å². The largest absolute Gasteiger partial charge is 0.310 e. The molecule has 11 rings (SSSR count). The highest BCUT2D eigenvalue weighted by Crippen LogP contribution is 2.57. The minimum absolute atomic E-state index is 0.125. The lowest BCUT2D eigenvalue weighted by atomic mass is 9.82. The van der Waals surface area contributed by atoms with E-state index in [2.05, 4.69) is 232 Å². The maximum absolute atomic E-state index is 2.53. The lowest BCUT2D eigenvalue weighted by Crippen LogP contribution is -2.17. The fraction of sp³-hybridized carbons (Fsp3) is 0.107. The molecule has 9 aromatic carbocycles. The average molecular weight is 745 g/mol. The van der Waals surface area contributed by atoms with Gasteiger partial charge in [-0.05, 0) is 98.1 Å². The number of nitrogens with zero attached hydrogens (tertiary/aromatic N) is 2. The number of hydrogen-bond acceptors (Lipinski definition) is 2. The lowest BCUT2D eigenvalue weighted by molar-refractivity contribution is 0.660. The molecule has 0 spiro atoms. The van der Waals surface area contributed by atoms with Crippen LogP contribution < -0.4 is 9.80 Å². The standard InChI is InChI=1S/C56H44N2/c1-55(2)45-27-15-13-25-43(45)53-47(55)29-17-31-49(53)57(39-20-7-5-8-21-39)41-35-38-34-33-37-19-11-12-24-42(37)52(38)51(36-41)58(40-22-9-6-10-23-40)50-32-18-30-48-54(50)44-26-14-16-28-46(44)56(48,3)4/h5-36H,1-4H3. The van der Waals surface area contributed by atoms with Crippen LogP contribution in [0.4, 0.5) is 34.1 Å². The van der Waals surface area contributed by atoms with Crippen molar-refractivity contribution >= 4 is 55.7 Å². The Morgan fingerprint density at radius 1 is 0.328 bits per heavy atom. The van der Waals surface area contributed by atoms with E-state index in [9.17, 15) is 0 Å². The fourth-order valence-corrected chi connectivity index (χ4v) is 10.2. The summed E-state index contributed by atoms with van der Waals surface area (Å²) in [6.07, 6.45) is 0. The van der Waals surface area contributed by atoms with E-state index in [4.69, 9.17) is 0 Å². The van der Waals surface area contributed by atoms with Gasteiger partial charge >= 0.3 is 0 Å². The van der Waals surface area contributed by atoms with Gasteiger partial charge in [-0.2, -0.15) is 0 Å². The molecule has 0 radical (unpaired) electrons. The predicted molar refractivity (Wildman–Crippen MR) is 246 cm³/mol. The number of rotatable bonds is 6. The van der Waals surface area contributed by atoms with E-state index in [1.165, 1.54) is 77.4 Å². The molecule has 0 saturated heterocycles. The Balaban J connectivity index is 1.26. The number of benzene rings is 9. The SMILES string of the molecule is CC1(C)c2ccccc2-c2c(N(c3ccccc3)c3cc(N(c4ccccc4)c4cccc5c4-c4ccccc4C5(C)C)c4c(ccc5ccccc54)c3)cccc21. The molecule has 0 N–H and O–H groups in total. The highest BCUT2D eigenvalue weighted by atomic mass is 15.2. The molecule has 2 heteroatoms. The Morgan fingerprint density at radius 3 is 1.40 bits per heavy atom. The molecule has 0 aliphatic heterocycles. The van der Waals surface area contributed by atoms with Crippen LogP contribution in [0.5, 0.6) is 0 Å². The molecule has 0 saturated carbocycles. The van der Waals surface area contributed by atoms with Crippen molar-refractivity contribution in [3.8, 4) is 22.3 Å². The summed E-state index contributed by atoms with van der Waals surface area (Å²) in [6.45, 7) is 9.46. The first-order valence-electron chi connectivity index (χ1n) is 20.4. The fourth-order valence-electron chi connectivity index (χ4n) is 10.2. The third kappa shape index (κ3) is 4.98. The minimum atomic E-state index is -0.136. The molecule has 9 aromatic rings. The summed E-state index contributed by atoms with van der Waals surface area (Å²) in [5, 5.41) is 4.88. The first kappa shape index (κ1) is 34.4. The van der Waals surface area contributed by atoms with E-state index in [0.717, 1.165) is 22.7 Å². The molecule has 0 unspecified atom stereocenters. The van der Waals surface area contributed by atoms with Crippen molar-refractivity contribution in [1.29, 1.82) is 0 Å². The van der Waals surface area contributed by atoms with Gasteiger partial charge in [-0.3, -0.25) is 0 Å². The Morgan fingerprint density at radius 2 is 0.793 bits per heavy atom. The average Bonchev–Trinajstić information content (AvgIpc) is 3.65. The van der Waals surface area contributed by atoms with Crippen LogP contribution in [0.15, 0.2) is 194 Å². The molecule has 0 bridgehead atoms. The Bertz CT molecular complexity index is 3070. The zero-order chi connectivity index (χ0) is 39.2. The Labute approximate surface area is 341 Å².